The van der Waals surface area contributed by atoms with Gasteiger partial charge in [-0.3, -0.25) is 0 Å². The monoisotopic (exact) mass is 254 g/mol. The standard InChI is InChI=1S/C14H14N4O/c1-3-16-13-8-14(18-10(2)17-13)19-12-7-5-4-6-11(12)9-15/h4-8H,3H2,1-2H3,(H,16,17,18). The Morgan fingerprint density at radius 3 is 2.84 bits per heavy atom. The fourth-order valence-corrected chi connectivity index (χ4v) is 1.62. The van der Waals surface area contributed by atoms with E-state index in [2.05, 4.69) is 21.4 Å². The molecule has 1 aromatic carbocycles. The quantitative estimate of drug-likeness (QED) is 0.908. The molecular formula is C14H14N4O. The lowest BCUT2D eigenvalue weighted by Gasteiger charge is -2.09. The van der Waals surface area contributed by atoms with E-state index in [0.29, 0.717) is 28.8 Å². The highest BCUT2D eigenvalue weighted by Crippen LogP contribution is 2.24. The van der Waals surface area contributed by atoms with Gasteiger partial charge < -0.3 is 10.1 Å². The predicted octanol–water partition coefficient (Wildman–Crippen LogP) is 2.88. The minimum Gasteiger partial charge on any atom is -0.437 e. The summed E-state index contributed by atoms with van der Waals surface area (Å²) < 4.78 is 5.65. The second-order valence-corrected chi connectivity index (χ2v) is 3.88. The van der Waals surface area contributed by atoms with Gasteiger partial charge in [0.1, 0.15) is 23.5 Å². The van der Waals surface area contributed by atoms with Gasteiger partial charge >= 0.3 is 0 Å². The van der Waals surface area contributed by atoms with Gasteiger partial charge in [-0.25, -0.2) is 4.98 Å². The number of nitrogens with zero attached hydrogens (tertiary/aromatic N) is 3. The molecule has 5 heteroatoms. The molecule has 0 bridgehead atoms. The van der Waals surface area contributed by atoms with Crippen molar-refractivity contribution in [1.82, 2.24) is 9.97 Å². The van der Waals surface area contributed by atoms with Gasteiger partial charge in [-0.05, 0) is 26.0 Å². The van der Waals surface area contributed by atoms with Crippen molar-refractivity contribution in [1.29, 1.82) is 5.26 Å². The number of benzene rings is 1. The number of nitrogens with one attached hydrogen (secondary N) is 1. The molecule has 0 unspecified atom stereocenters. The lowest BCUT2D eigenvalue weighted by Crippen LogP contribution is -2.02. The number of hydrogen-bond acceptors (Lipinski definition) is 5. The SMILES string of the molecule is CCNc1cc(Oc2ccccc2C#N)nc(C)n1. The fraction of sp³-hybridized carbons (Fsp3) is 0.214. The summed E-state index contributed by atoms with van der Waals surface area (Å²) in [4.78, 5) is 8.44. The molecule has 19 heavy (non-hydrogen) atoms. The normalized spacial score (nSPS) is 9.74. The van der Waals surface area contributed by atoms with Crippen molar-refractivity contribution in [3.05, 3.63) is 41.7 Å². The van der Waals surface area contributed by atoms with Crippen molar-refractivity contribution in [2.24, 2.45) is 0 Å². The first-order chi connectivity index (χ1) is 9.22. The molecule has 0 saturated heterocycles. The van der Waals surface area contributed by atoms with E-state index in [-0.39, 0.29) is 0 Å². The minimum absolute atomic E-state index is 0.422. The highest BCUT2D eigenvalue weighted by atomic mass is 16.5. The molecule has 96 valence electrons. The minimum atomic E-state index is 0.422. The first-order valence-electron chi connectivity index (χ1n) is 5.99. The molecule has 0 aliphatic carbocycles. The third-order valence-electron chi connectivity index (χ3n) is 2.39. The van der Waals surface area contributed by atoms with Crippen LogP contribution in [0.3, 0.4) is 0 Å². The topological polar surface area (TPSA) is 70.8 Å². The third-order valence-corrected chi connectivity index (χ3v) is 2.39. The fourth-order valence-electron chi connectivity index (χ4n) is 1.62. The molecule has 0 spiro atoms. The summed E-state index contributed by atoms with van der Waals surface area (Å²) in [5.41, 5.74) is 0.476. The van der Waals surface area contributed by atoms with E-state index < -0.39 is 0 Å². The number of aryl methyl sites for hydroxylation is 1. The first kappa shape index (κ1) is 12.8. The summed E-state index contributed by atoms with van der Waals surface area (Å²) in [5.74, 6) is 2.24. The summed E-state index contributed by atoms with van der Waals surface area (Å²) in [5, 5.41) is 12.1. The number of ether oxygens (including phenoxy) is 1. The maximum atomic E-state index is 9.01. The third kappa shape index (κ3) is 3.19. The molecule has 2 rings (SSSR count). The van der Waals surface area contributed by atoms with Crippen LogP contribution in [0.25, 0.3) is 0 Å². The lowest BCUT2D eigenvalue weighted by atomic mass is 10.2. The van der Waals surface area contributed by atoms with Crippen LogP contribution in [-0.4, -0.2) is 16.5 Å². The summed E-state index contributed by atoms with van der Waals surface area (Å²) >= 11 is 0. The molecule has 0 fully saturated rings. The molecule has 0 radical (unpaired) electrons. The van der Waals surface area contributed by atoms with Crippen molar-refractivity contribution < 1.29 is 4.74 Å². The molecule has 0 atom stereocenters. The van der Waals surface area contributed by atoms with Crippen LogP contribution in [0.2, 0.25) is 0 Å². The van der Waals surface area contributed by atoms with Crippen molar-refractivity contribution in [2.45, 2.75) is 13.8 Å². The van der Waals surface area contributed by atoms with Crippen LogP contribution in [-0.2, 0) is 0 Å². The van der Waals surface area contributed by atoms with Crippen LogP contribution in [0.1, 0.15) is 18.3 Å². The van der Waals surface area contributed by atoms with Crippen molar-refractivity contribution in [3.8, 4) is 17.7 Å². The van der Waals surface area contributed by atoms with Gasteiger partial charge in [0.05, 0.1) is 5.56 Å². The van der Waals surface area contributed by atoms with Crippen LogP contribution in [0.5, 0.6) is 11.6 Å². The summed E-state index contributed by atoms with van der Waals surface area (Å²) in [6.45, 7) is 4.55. The second-order valence-electron chi connectivity index (χ2n) is 3.88. The Bertz CT molecular complexity index is 619. The van der Waals surface area contributed by atoms with Crippen molar-refractivity contribution in [3.63, 3.8) is 0 Å². The Morgan fingerprint density at radius 2 is 2.11 bits per heavy atom. The Balaban J connectivity index is 2.30. The van der Waals surface area contributed by atoms with Gasteiger partial charge in [-0.1, -0.05) is 12.1 Å². The Morgan fingerprint density at radius 1 is 1.32 bits per heavy atom. The first-order valence-corrected chi connectivity index (χ1v) is 5.99. The predicted molar refractivity (Wildman–Crippen MR) is 72.2 cm³/mol. The second kappa shape index (κ2) is 5.83. The van der Waals surface area contributed by atoms with E-state index in [1.807, 2.05) is 13.0 Å². The molecule has 0 aliphatic heterocycles. The molecule has 5 nitrogen and oxygen atoms in total. The van der Waals surface area contributed by atoms with Crippen LogP contribution < -0.4 is 10.1 Å². The zero-order valence-corrected chi connectivity index (χ0v) is 10.8. The van der Waals surface area contributed by atoms with Gasteiger partial charge in [0.2, 0.25) is 5.88 Å². The van der Waals surface area contributed by atoms with E-state index in [1.165, 1.54) is 0 Å². The van der Waals surface area contributed by atoms with Crippen LogP contribution in [0.4, 0.5) is 5.82 Å². The Hall–Kier alpha value is -2.61. The molecule has 0 aliphatic rings. The zero-order chi connectivity index (χ0) is 13.7. The van der Waals surface area contributed by atoms with Gasteiger partial charge in [-0.2, -0.15) is 10.2 Å². The molecule has 0 amide bonds. The van der Waals surface area contributed by atoms with E-state index in [0.717, 1.165) is 6.54 Å². The molecular weight excluding hydrogens is 240 g/mol. The number of para-hydroxylation sites is 1. The molecule has 1 N–H and O–H groups in total. The number of aromatic nitrogens is 2. The highest BCUT2D eigenvalue weighted by molar-refractivity contribution is 5.46. The van der Waals surface area contributed by atoms with Gasteiger partial charge in [-0.15, -0.1) is 0 Å². The van der Waals surface area contributed by atoms with Crippen LogP contribution in [0, 0.1) is 18.3 Å². The maximum absolute atomic E-state index is 9.01. The molecule has 1 aromatic heterocycles. The van der Waals surface area contributed by atoms with Crippen LogP contribution in [0.15, 0.2) is 30.3 Å². The lowest BCUT2D eigenvalue weighted by molar-refractivity contribution is 0.459. The Kier molecular flexibility index (Phi) is 3.94. The Labute approximate surface area is 111 Å². The smallest absolute Gasteiger partial charge is 0.224 e. The molecule has 2 aromatic rings. The average Bonchev–Trinajstić information content (AvgIpc) is 2.39. The van der Waals surface area contributed by atoms with E-state index in [1.54, 1.807) is 31.2 Å². The van der Waals surface area contributed by atoms with Crippen LogP contribution >= 0.6 is 0 Å². The van der Waals surface area contributed by atoms with Gasteiger partial charge in [0.15, 0.2) is 0 Å². The molecule has 0 saturated carbocycles. The summed E-state index contributed by atoms with van der Waals surface area (Å²) in [6.07, 6.45) is 0. The number of nitriles is 1. The van der Waals surface area contributed by atoms with Crippen molar-refractivity contribution >= 4 is 5.82 Å². The van der Waals surface area contributed by atoms with E-state index >= 15 is 0 Å². The van der Waals surface area contributed by atoms with Gasteiger partial charge in [0.25, 0.3) is 0 Å². The average molecular weight is 254 g/mol. The number of anilines is 1. The zero-order valence-electron chi connectivity index (χ0n) is 10.8. The number of hydrogen-bond donors (Lipinski definition) is 1. The van der Waals surface area contributed by atoms with E-state index in [4.69, 9.17) is 10.00 Å². The van der Waals surface area contributed by atoms with Crippen molar-refractivity contribution in [2.75, 3.05) is 11.9 Å². The maximum Gasteiger partial charge on any atom is 0.224 e. The largest absolute Gasteiger partial charge is 0.437 e. The highest BCUT2D eigenvalue weighted by Gasteiger charge is 2.07. The van der Waals surface area contributed by atoms with E-state index in [9.17, 15) is 0 Å². The summed E-state index contributed by atoms with van der Waals surface area (Å²) in [7, 11) is 0. The van der Waals surface area contributed by atoms with Gasteiger partial charge in [0, 0.05) is 12.6 Å². The summed E-state index contributed by atoms with van der Waals surface area (Å²) in [6, 6.07) is 10.8. The molecule has 1 heterocycles. The number of rotatable bonds is 4.